The fourth-order valence-electron chi connectivity index (χ4n) is 7.61. The third kappa shape index (κ3) is 16.3. The second-order valence-corrected chi connectivity index (χ2v) is 21.6. The van der Waals surface area contributed by atoms with Gasteiger partial charge in [0.15, 0.2) is 0 Å². The zero-order valence-corrected chi connectivity index (χ0v) is 46.6. The van der Waals surface area contributed by atoms with Gasteiger partial charge in [0.2, 0.25) is 0 Å². The average molecular weight is 1090 g/mol. The number of nitrogens with zero attached hydrogens (tertiary/aromatic N) is 2. The molecule has 8 aromatic rings. The monoisotopic (exact) mass is 1090 g/mol. The fourth-order valence-corrected chi connectivity index (χ4v) is 8.87. The van der Waals surface area contributed by atoms with Crippen LogP contribution in [0.4, 0.5) is 0 Å². The van der Waals surface area contributed by atoms with Crippen molar-refractivity contribution in [2.45, 2.75) is 96.4 Å². The Morgan fingerprint density at radius 2 is 0.968 bits per heavy atom. The van der Waals surface area contributed by atoms with Crippen LogP contribution >= 0.6 is 25.2 Å². The van der Waals surface area contributed by atoms with Gasteiger partial charge in [-0.15, -0.1) is 0 Å². The van der Waals surface area contributed by atoms with Crippen LogP contribution in [0, 0.1) is 45.4 Å². The molecule has 330 valence electrons. The number of alkyl halides is 2. The van der Waals surface area contributed by atoms with Gasteiger partial charge in [-0.1, -0.05) is 143 Å². The van der Waals surface area contributed by atoms with Gasteiger partial charge in [-0.3, -0.25) is 9.97 Å². The first-order valence-corrected chi connectivity index (χ1v) is 32.3. The fraction of sp³-hybridized carbons (Fsp3) is 0.316. The van der Waals surface area contributed by atoms with Crippen molar-refractivity contribution in [2.24, 2.45) is 10.8 Å². The van der Waals surface area contributed by atoms with Gasteiger partial charge in [-0.25, -0.2) is 0 Å². The summed E-state index contributed by atoms with van der Waals surface area (Å²) in [6.45, 7) is 27.7. The van der Waals surface area contributed by atoms with E-state index in [4.69, 9.17) is 16.6 Å². The summed E-state index contributed by atoms with van der Waals surface area (Å²) in [7, 11) is 0. The van der Waals surface area contributed by atoms with Crippen molar-refractivity contribution in [1.82, 2.24) is 9.97 Å². The molecular formula is C57H68BrClIN2Zn-. The summed E-state index contributed by atoms with van der Waals surface area (Å²) in [5.74, 6) is 0. The number of halogens is 3. The Morgan fingerprint density at radius 3 is 1.35 bits per heavy atom. The summed E-state index contributed by atoms with van der Waals surface area (Å²) in [6, 6.07) is 39.2. The Hall–Kier alpha value is -3.22. The van der Waals surface area contributed by atoms with Crippen molar-refractivity contribution in [3.8, 4) is 22.5 Å². The van der Waals surface area contributed by atoms with E-state index in [1.54, 1.807) is 0 Å². The molecule has 0 fully saturated rings. The quantitative estimate of drug-likeness (QED) is 0.0564. The molecule has 0 unspecified atom stereocenters. The molecule has 63 heavy (non-hydrogen) atoms. The number of benzene rings is 6. The van der Waals surface area contributed by atoms with Gasteiger partial charge in [0, 0.05) is 39.3 Å². The molecule has 0 bridgehead atoms. The molecule has 0 aliphatic heterocycles. The Balaban J connectivity index is 0.000000266. The molecule has 0 spiro atoms. The zero-order chi connectivity index (χ0) is 45.8. The van der Waals surface area contributed by atoms with Crippen LogP contribution in [0.1, 0.15) is 90.1 Å². The molecule has 0 aliphatic carbocycles. The van der Waals surface area contributed by atoms with Gasteiger partial charge >= 0.3 is 73.9 Å². The molecule has 2 heterocycles. The van der Waals surface area contributed by atoms with Gasteiger partial charge in [-0.05, 0) is 126 Å². The number of aryl methyl sites for hydroxylation is 4. The van der Waals surface area contributed by atoms with Crippen LogP contribution in [0.25, 0.3) is 65.6 Å². The van der Waals surface area contributed by atoms with Gasteiger partial charge in [0.25, 0.3) is 0 Å². The molecule has 0 saturated carbocycles. The third-order valence-electron chi connectivity index (χ3n) is 9.65. The predicted octanol–water partition coefficient (Wildman–Crippen LogP) is 15.0. The maximum absolute atomic E-state index is 6.12. The molecule has 0 aliphatic rings. The minimum atomic E-state index is 0. The Bertz CT molecular complexity index is 2680. The summed E-state index contributed by atoms with van der Waals surface area (Å²) in [5.41, 5.74) is 11.5. The summed E-state index contributed by atoms with van der Waals surface area (Å²) in [4.78, 5) is 11.7. The van der Waals surface area contributed by atoms with E-state index >= 15 is 0 Å². The SMILES string of the molecule is C.CCC[I-]C.Cc1cc(C)cc(-c2nccc3c2ccc2cc(CC(C)(C)C)ccc23)c1.Cc1cc(C)cc(-c2nccc3c2ccc2cc(Cl)ccc23)c1.[CH2-]C(C)(C)C.[Zn+][Br]. The van der Waals surface area contributed by atoms with E-state index < -0.39 is 0 Å². The molecule has 6 heteroatoms. The first-order valence-electron chi connectivity index (χ1n) is 21.3. The van der Waals surface area contributed by atoms with Crippen LogP contribution in [0.2, 0.25) is 5.02 Å². The average Bonchev–Trinajstić information content (AvgIpc) is 3.19. The molecular weight excluding hydrogens is 1020 g/mol. The second kappa shape index (κ2) is 24.9. The first kappa shape index (κ1) is 54.1. The number of hydrogen-bond acceptors (Lipinski definition) is 2. The molecule has 8 rings (SSSR count). The zero-order valence-electron chi connectivity index (χ0n) is 39.1. The Labute approximate surface area is 412 Å². The van der Waals surface area contributed by atoms with Crippen molar-refractivity contribution in [1.29, 1.82) is 0 Å². The van der Waals surface area contributed by atoms with Crippen molar-refractivity contribution < 1.29 is 37.5 Å². The maximum atomic E-state index is 6.12. The minimum absolute atomic E-state index is 0. The molecule has 0 radical (unpaired) electrons. The summed E-state index contributed by atoms with van der Waals surface area (Å²) in [6.07, 6.45) is 6.32. The van der Waals surface area contributed by atoms with Crippen LogP contribution in [0.3, 0.4) is 0 Å². The molecule has 2 nitrogen and oxygen atoms in total. The van der Waals surface area contributed by atoms with Crippen LogP contribution in [0.5, 0.6) is 0 Å². The summed E-state index contributed by atoms with van der Waals surface area (Å²) < 4.78 is 1.50. The standard InChI is InChI=1S/C26H27N.C21H16ClN.C5H11.C4H10I.CH4.BrH.Zn/c1-17-12-18(2)14-21(13-17)25-24-9-7-20-15-19(16-26(3,4)5)6-8-22(20)23(24)10-11-27-25;1-13-9-14(2)11-16(10-13)21-20-5-3-15-12-17(22)4-6-18(15)19(20)7-8-23-21;1-5(2,3)4;1-3-4-5-2;;;/h6-15H,16H2,1-5H3;3-12H,1-2H3;1H2,2-4H3;3-4H2,1-2H3;1H4;1H;/q;;2*-1;;;+2/p-1. The van der Waals surface area contributed by atoms with Crippen molar-refractivity contribution in [2.75, 3.05) is 9.36 Å². The number of hydrogen-bond donors (Lipinski definition) is 0. The van der Waals surface area contributed by atoms with E-state index in [0.29, 0.717) is 26.6 Å². The van der Waals surface area contributed by atoms with Crippen LogP contribution < -0.4 is 21.2 Å². The molecule has 0 atom stereocenters. The molecule has 0 N–H and O–H groups in total. The Kier molecular flexibility index (Phi) is 21.4. The van der Waals surface area contributed by atoms with Gasteiger partial charge < -0.3 is 6.92 Å². The molecule has 0 saturated heterocycles. The number of rotatable bonds is 5. The van der Waals surface area contributed by atoms with Crippen molar-refractivity contribution >= 4 is 68.3 Å². The van der Waals surface area contributed by atoms with E-state index in [9.17, 15) is 0 Å². The third-order valence-corrected chi connectivity index (χ3v) is 12.0. The van der Waals surface area contributed by atoms with E-state index in [1.807, 2.05) is 24.5 Å². The normalized spacial score (nSPS) is 11.1. The van der Waals surface area contributed by atoms with Gasteiger partial charge in [-0.2, -0.15) is 5.41 Å². The first-order chi connectivity index (χ1) is 29.3. The van der Waals surface area contributed by atoms with Crippen LogP contribution in [-0.4, -0.2) is 19.3 Å². The number of aromatic nitrogens is 2. The van der Waals surface area contributed by atoms with Crippen LogP contribution in [-0.2, 0) is 22.8 Å². The van der Waals surface area contributed by atoms with Gasteiger partial charge in [0.05, 0.1) is 11.4 Å². The predicted molar refractivity (Wildman–Crippen MR) is 278 cm³/mol. The van der Waals surface area contributed by atoms with Gasteiger partial charge in [0.1, 0.15) is 0 Å². The second-order valence-electron chi connectivity index (χ2n) is 18.6. The van der Waals surface area contributed by atoms with E-state index in [2.05, 4.69) is 204 Å². The molecule has 0 amide bonds. The summed E-state index contributed by atoms with van der Waals surface area (Å²) in [5, 5.41) is 10.6. The van der Waals surface area contributed by atoms with Crippen LogP contribution in [0.15, 0.2) is 122 Å². The number of fused-ring (bicyclic) bond motifs is 6. The number of pyridine rings is 2. The van der Waals surface area contributed by atoms with Crippen molar-refractivity contribution in [3.63, 3.8) is 0 Å². The molecule has 6 aromatic carbocycles. The topological polar surface area (TPSA) is 25.8 Å². The van der Waals surface area contributed by atoms with E-state index in [-0.39, 0.29) is 12.8 Å². The van der Waals surface area contributed by atoms with E-state index in [0.717, 1.165) is 28.2 Å². The summed E-state index contributed by atoms with van der Waals surface area (Å²) >= 11 is 11.0. The van der Waals surface area contributed by atoms with Crippen molar-refractivity contribution in [3.05, 3.63) is 161 Å². The Morgan fingerprint density at radius 1 is 0.571 bits per heavy atom. The van der Waals surface area contributed by atoms with E-state index in [1.165, 1.54) is 104 Å². The molecule has 2 aromatic heterocycles.